The Morgan fingerprint density at radius 1 is 1.50 bits per heavy atom. The van der Waals surface area contributed by atoms with Crippen LogP contribution < -0.4 is 10.6 Å². The lowest BCUT2D eigenvalue weighted by molar-refractivity contribution is 0.267. The summed E-state index contributed by atoms with van der Waals surface area (Å²) in [6.07, 6.45) is 0. The minimum absolute atomic E-state index is 0.0240. The van der Waals surface area contributed by atoms with E-state index in [2.05, 4.69) is 19.1 Å². The Labute approximate surface area is 85.2 Å². The highest BCUT2D eigenvalue weighted by Crippen LogP contribution is 2.13. The lowest BCUT2D eigenvalue weighted by Gasteiger charge is -2.22. The Hall–Kier alpha value is -1.06. The number of benzene rings is 1. The summed E-state index contributed by atoms with van der Waals surface area (Å²) in [7, 11) is 1.98. The molecule has 0 spiro atoms. The molecule has 1 aromatic rings. The third-order valence-electron chi connectivity index (χ3n) is 2.19. The topological polar surface area (TPSA) is 49.5 Å². The van der Waals surface area contributed by atoms with E-state index in [0.717, 1.165) is 5.69 Å². The summed E-state index contributed by atoms with van der Waals surface area (Å²) in [5, 5.41) is 8.83. The van der Waals surface area contributed by atoms with Gasteiger partial charge in [-0.15, -0.1) is 0 Å². The fraction of sp³-hybridized carbons (Fsp3) is 0.455. The summed E-state index contributed by atoms with van der Waals surface area (Å²) < 4.78 is 0. The Morgan fingerprint density at radius 2 is 2.21 bits per heavy atom. The first-order valence-corrected chi connectivity index (χ1v) is 4.77. The molecule has 0 fully saturated rings. The van der Waals surface area contributed by atoms with Crippen molar-refractivity contribution in [2.24, 2.45) is 5.73 Å². The maximum atomic E-state index is 8.83. The van der Waals surface area contributed by atoms with Gasteiger partial charge in [-0.2, -0.15) is 0 Å². The molecular weight excluding hydrogens is 176 g/mol. The first kappa shape index (κ1) is 11.0. The number of anilines is 1. The molecule has 1 aromatic carbocycles. The molecule has 0 amide bonds. The van der Waals surface area contributed by atoms with Gasteiger partial charge in [0.25, 0.3) is 0 Å². The monoisotopic (exact) mass is 194 g/mol. The molecule has 0 bridgehead atoms. The van der Waals surface area contributed by atoms with Gasteiger partial charge in [-0.25, -0.2) is 0 Å². The van der Waals surface area contributed by atoms with E-state index in [1.165, 1.54) is 5.56 Å². The molecule has 14 heavy (non-hydrogen) atoms. The smallest absolute Gasteiger partial charge is 0.0599 e. The zero-order valence-corrected chi connectivity index (χ0v) is 8.77. The number of hydrogen-bond acceptors (Lipinski definition) is 3. The van der Waals surface area contributed by atoms with Crippen molar-refractivity contribution >= 4 is 5.69 Å². The second-order valence-electron chi connectivity index (χ2n) is 3.66. The van der Waals surface area contributed by atoms with Crippen molar-refractivity contribution in [3.8, 4) is 0 Å². The highest BCUT2D eigenvalue weighted by atomic mass is 16.3. The quantitative estimate of drug-likeness (QED) is 0.743. The number of nitrogens with zero attached hydrogens (tertiary/aromatic N) is 1. The normalized spacial score (nSPS) is 12.6. The number of aliphatic hydroxyl groups is 1. The first-order valence-electron chi connectivity index (χ1n) is 4.77. The number of aliphatic hydroxyl groups excluding tert-OH is 1. The van der Waals surface area contributed by atoms with Crippen LogP contribution in [0.1, 0.15) is 5.56 Å². The Balaban J connectivity index is 2.64. The van der Waals surface area contributed by atoms with E-state index >= 15 is 0 Å². The largest absolute Gasteiger partial charge is 0.395 e. The highest BCUT2D eigenvalue weighted by Gasteiger charge is 2.05. The zero-order valence-electron chi connectivity index (χ0n) is 8.77. The van der Waals surface area contributed by atoms with Gasteiger partial charge in [-0.05, 0) is 24.6 Å². The van der Waals surface area contributed by atoms with Gasteiger partial charge < -0.3 is 15.7 Å². The van der Waals surface area contributed by atoms with Crippen LogP contribution in [-0.4, -0.2) is 31.3 Å². The van der Waals surface area contributed by atoms with Gasteiger partial charge >= 0.3 is 0 Å². The summed E-state index contributed by atoms with van der Waals surface area (Å²) in [4.78, 5) is 2.05. The van der Waals surface area contributed by atoms with E-state index in [9.17, 15) is 0 Å². The molecule has 0 aliphatic carbocycles. The molecule has 3 N–H and O–H groups in total. The summed E-state index contributed by atoms with van der Waals surface area (Å²) in [5.74, 6) is 0. The highest BCUT2D eigenvalue weighted by molar-refractivity contribution is 5.47. The van der Waals surface area contributed by atoms with E-state index in [-0.39, 0.29) is 12.6 Å². The Morgan fingerprint density at radius 3 is 2.79 bits per heavy atom. The molecular formula is C11H18N2O. The van der Waals surface area contributed by atoms with Crippen LogP contribution in [0.5, 0.6) is 0 Å². The van der Waals surface area contributed by atoms with Crippen molar-refractivity contribution < 1.29 is 5.11 Å². The van der Waals surface area contributed by atoms with Crippen LogP contribution >= 0.6 is 0 Å². The SMILES string of the molecule is Cc1cccc(N(C)CC(N)CO)c1. The summed E-state index contributed by atoms with van der Waals surface area (Å²) in [5.41, 5.74) is 8.02. The molecule has 0 radical (unpaired) electrons. The third kappa shape index (κ3) is 3.01. The predicted octanol–water partition coefficient (Wildman–Crippen LogP) is 0.751. The number of rotatable bonds is 4. The second kappa shape index (κ2) is 4.98. The maximum Gasteiger partial charge on any atom is 0.0599 e. The molecule has 0 saturated carbocycles. The van der Waals surface area contributed by atoms with Gasteiger partial charge in [-0.3, -0.25) is 0 Å². The number of likely N-dealkylation sites (N-methyl/N-ethyl adjacent to an activating group) is 1. The number of hydrogen-bond donors (Lipinski definition) is 2. The molecule has 0 aromatic heterocycles. The van der Waals surface area contributed by atoms with Crippen LogP contribution in [0.25, 0.3) is 0 Å². The number of aryl methyl sites for hydroxylation is 1. The van der Waals surface area contributed by atoms with Gasteiger partial charge in [-0.1, -0.05) is 12.1 Å². The van der Waals surface area contributed by atoms with E-state index in [1.807, 2.05) is 24.1 Å². The molecule has 3 heteroatoms. The van der Waals surface area contributed by atoms with Crippen molar-refractivity contribution in [3.05, 3.63) is 29.8 Å². The van der Waals surface area contributed by atoms with Gasteiger partial charge in [0.05, 0.1) is 6.61 Å². The minimum atomic E-state index is -0.180. The molecule has 1 atom stereocenters. The zero-order chi connectivity index (χ0) is 10.6. The van der Waals surface area contributed by atoms with Crippen LogP contribution in [0.3, 0.4) is 0 Å². The van der Waals surface area contributed by atoms with Crippen molar-refractivity contribution in [1.29, 1.82) is 0 Å². The standard InChI is InChI=1S/C11H18N2O/c1-9-4-3-5-11(6-9)13(2)7-10(12)8-14/h3-6,10,14H,7-8,12H2,1-2H3. The average molecular weight is 194 g/mol. The first-order chi connectivity index (χ1) is 6.63. The fourth-order valence-electron chi connectivity index (χ4n) is 1.38. The van der Waals surface area contributed by atoms with Crippen molar-refractivity contribution in [2.45, 2.75) is 13.0 Å². The van der Waals surface area contributed by atoms with Gasteiger partial charge in [0.2, 0.25) is 0 Å². The molecule has 1 unspecified atom stereocenters. The fourth-order valence-corrected chi connectivity index (χ4v) is 1.38. The summed E-state index contributed by atoms with van der Waals surface area (Å²) in [6.45, 7) is 2.75. The molecule has 0 saturated heterocycles. The van der Waals surface area contributed by atoms with Crippen molar-refractivity contribution in [3.63, 3.8) is 0 Å². The van der Waals surface area contributed by atoms with Crippen LogP contribution in [0, 0.1) is 6.92 Å². The van der Waals surface area contributed by atoms with E-state index in [1.54, 1.807) is 0 Å². The van der Waals surface area contributed by atoms with Crippen LogP contribution in [0.4, 0.5) is 5.69 Å². The van der Waals surface area contributed by atoms with Crippen LogP contribution in [0.15, 0.2) is 24.3 Å². The maximum absolute atomic E-state index is 8.83. The lowest BCUT2D eigenvalue weighted by atomic mass is 10.2. The van der Waals surface area contributed by atoms with Gasteiger partial charge in [0.15, 0.2) is 0 Å². The molecule has 0 aliphatic heterocycles. The van der Waals surface area contributed by atoms with Crippen LogP contribution in [0.2, 0.25) is 0 Å². The molecule has 1 rings (SSSR count). The van der Waals surface area contributed by atoms with Gasteiger partial charge in [0.1, 0.15) is 0 Å². The Bertz CT molecular complexity index is 288. The summed E-state index contributed by atoms with van der Waals surface area (Å²) in [6, 6.07) is 8.04. The predicted molar refractivity (Wildman–Crippen MR) is 59.5 cm³/mol. The number of nitrogens with two attached hydrogens (primary N) is 1. The molecule has 78 valence electrons. The molecule has 0 heterocycles. The van der Waals surface area contributed by atoms with E-state index in [4.69, 9.17) is 10.8 Å². The van der Waals surface area contributed by atoms with E-state index < -0.39 is 0 Å². The second-order valence-corrected chi connectivity index (χ2v) is 3.66. The van der Waals surface area contributed by atoms with Crippen molar-refractivity contribution in [2.75, 3.05) is 25.1 Å². The van der Waals surface area contributed by atoms with Crippen molar-refractivity contribution in [1.82, 2.24) is 0 Å². The van der Waals surface area contributed by atoms with Gasteiger partial charge in [0, 0.05) is 25.3 Å². The summed E-state index contributed by atoms with van der Waals surface area (Å²) >= 11 is 0. The molecule has 3 nitrogen and oxygen atoms in total. The van der Waals surface area contributed by atoms with Crippen LogP contribution in [-0.2, 0) is 0 Å². The minimum Gasteiger partial charge on any atom is -0.395 e. The van der Waals surface area contributed by atoms with E-state index in [0.29, 0.717) is 6.54 Å². The third-order valence-corrected chi connectivity index (χ3v) is 2.19. The average Bonchev–Trinajstić information content (AvgIpc) is 2.17. The lowest BCUT2D eigenvalue weighted by Crippen LogP contribution is -2.37. The Kier molecular flexibility index (Phi) is 3.92. The molecule has 0 aliphatic rings.